The molecular formula is C11H17ClN4. The number of halogens is 1. The molecule has 4 nitrogen and oxygen atoms in total. The molecule has 2 rings (SSSR count). The van der Waals surface area contributed by atoms with Gasteiger partial charge >= 0.3 is 0 Å². The lowest BCUT2D eigenvalue weighted by atomic mass is 10.2. The standard InChI is InChI=1S/C11H17ClN4/c1-9-8-15(2)6-3-7-16(9)10-4-5-13-11(12)14-10/h4-5,9H,3,6-8H2,1-2H3. The first-order valence-corrected chi connectivity index (χ1v) is 5.98. The van der Waals surface area contributed by atoms with Crippen molar-refractivity contribution < 1.29 is 0 Å². The molecule has 2 heterocycles. The van der Waals surface area contributed by atoms with E-state index in [9.17, 15) is 0 Å². The molecule has 0 aromatic carbocycles. The fraction of sp³-hybridized carbons (Fsp3) is 0.636. The summed E-state index contributed by atoms with van der Waals surface area (Å²) < 4.78 is 0. The number of aromatic nitrogens is 2. The second-order valence-electron chi connectivity index (χ2n) is 4.34. The van der Waals surface area contributed by atoms with Crippen molar-refractivity contribution in [2.45, 2.75) is 19.4 Å². The molecule has 0 bridgehead atoms. The Morgan fingerprint density at radius 3 is 3.00 bits per heavy atom. The minimum atomic E-state index is 0.322. The molecule has 0 amide bonds. The first-order chi connectivity index (χ1) is 7.66. The Morgan fingerprint density at radius 1 is 1.44 bits per heavy atom. The number of hydrogen-bond acceptors (Lipinski definition) is 4. The van der Waals surface area contributed by atoms with Gasteiger partial charge in [0.25, 0.3) is 0 Å². The van der Waals surface area contributed by atoms with E-state index in [4.69, 9.17) is 11.6 Å². The summed E-state index contributed by atoms with van der Waals surface area (Å²) in [7, 11) is 2.16. The van der Waals surface area contributed by atoms with Crippen LogP contribution in [0.15, 0.2) is 12.3 Å². The maximum Gasteiger partial charge on any atom is 0.224 e. The predicted octanol–water partition coefficient (Wildman–Crippen LogP) is 1.66. The predicted molar refractivity (Wildman–Crippen MR) is 66.0 cm³/mol. The van der Waals surface area contributed by atoms with Gasteiger partial charge < -0.3 is 9.80 Å². The molecule has 0 radical (unpaired) electrons. The minimum Gasteiger partial charge on any atom is -0.352 e. The summed E-state index contributed by atoms with van der Waals surface area (Å²) in [5.41, 5.74) is 0. The van der Waals surface area contributed by atoms with Crippen LogP contribution >= 0.6 is 11.6 Å². The van der Waals surface area contributed by atoms with E-state index in [1.165, 1.54) is 0 Å². The highest BCUT2D eigenvalue weighted by Crippen LogP contribution is 2.18. The van der Waals surface area contributed by atoms with Gasteiger partial charge in [-0.2, -0.15) is 0 Å². The molecular weight excluding hydrogens is 224 g/mol. The lowest BCUT2D eigenvalue weighted by molar-refractivity contribution is 0.337. The van der Waals surface area contributed by atoms with Gasteiger partial charge in [0.1, 0.15) is 5.82 Å². The van der Waals surface area contributed by atoms with Crippen LogP contribution in [0.2, 0.25) is 5.28 Å². The van der Waals surface area contributed by atoms with Crippen LogP contribution in [0, 0.1) is 0 Å². The van der Waals surface area contributed by atoms with Crippen LogP contribution in [0.25, 0.3) is 0 Å². The SMILES string of the molecule is CC1CN(C)CCCN1c1ccnc(Cl)n1. The van der Waals surface area contributed by atoms with Crippen LogP contribution in [-0.2, 0) is 0 Å². The molecule has 1 saturated heterocycles. The van der Waals surface area contributed by atoms with Crippen molar-refractivity contribution in [3.63, 3.8) is 0 Å². The summed E-state index contributed by atoms with van der Waals surface area (Å²) in [6, 6.07) is 2.38. The van der Waals surface area contributed by atoms with Crippen LogP contribution < -0.4 is 4.90 Å². The Kier molecular flexibility index (Phi) is 3.61. The summed E-state index contributed by atoms with van der Waals surface area (Å²) in [5, 5.41) is 0.322. The van der Waals surface area contributed by atoms with Crippen LogP contribution in [0.1, 0.15) is 13.3 Å². The van der Waals surface area contributed by atoms with Gasteiger partial charge in [-0.15, -0.1) is 0 Å². The first kappa shape index (κ1) is 11.6. The Bertz CT molecular complexity index is 358. The van der Waals surface area contributed by atoms with Crippen molar-refractivity contribution in [3.05, 3.63) is 17.5 Å². The number of rotatable bonds is 1. The smallest absolute Gasteiger partial charge is 0.224 e. The average molecular weight is 241 g/mol. The van der Waals surface area contributed by atoms with Crippen LogP contribution in [0.3, 0.4) is 0 Å². The minimum absolute atomic E-state index is 0.322. The van der Waals surface area contributed by atoms with Crippen LogP contribution in [0.4, 0.5) is 5.82 Å². The van der Waals surface area contributed by atoms with E-state index in [1.54, 1.807) is 6.20 Å². The molecule has 1 aliphatic rings. The molecule has 0 spiro atoms. The van der Waals surface area contributed by atoms with Crippen molar-refractivity contribution in [3.8, 4) is 0 Å². The van der Waals surface area contributed by atoms with Gasteiger partial charge in [-0.05, 0) is 44.6 Å². The Balaban J connectivity index is 2.19. The molecule has 88 valence electrons. The Labute approximate surface area is 101 Å². The molecule has 0 aliphatic carbocycles. The van der Waals surface area contributed by atoms with Crippen LogP contribution in [0.5, 0.6) is 0 Å². The maximum atomic E-state index is 5.82. The summed E-state index contributed by atoms with van der Waals surface area (Å²) in [6.45, 7) is 5.44. The number of likely N-dealkylation sites (N-methyl/N-ethyl adjacent to an activating group) is 1. The van der Waals surface area contributed by atoms with Crippen molar-refractivity contribution in [1.82, 2.24) is 14.9 Å². The number of nitrogens with zero attached hydrogens (tertiary/aromatic N) is 4. The van der Waals surface area contributed by atoms with Gasteiger partial charge in [-0.1, -0.05) is 0 Å². The second kappa shape index (κ2) is 4.97. The molecule has 1 aliphatic heterocycles. The zero-order valence-corrected chi connectivity index (χ0v) is 10.5. The van der Waals surface area contributed by atoms with Crippen molar-refractivity contribution in [2.75, 3.05) is 31.6 Å². The molecule has 0 N–H and O–H groups in total. The van der Waals surface area contributed by atoms with E-state index >= 15 is 0 Å². The van der Waals surface area contributed by atoms with Gasteiger partial charge in [-0.25, -0.2) is 9.97 Å². The summed E-state index contributed by atoms with van der Waals surface area (Å²) in [5.74, 6) is 0.933. The number of hydrogen-bond donors (Lipinski definition) is 0. The molecule has 0 saturated carbocycles. The van der Waals surface area contributed by atoms with E-state index in [0.29, 0.717) is 11.3 Å². The lowest BCUT2D eigenvalue weighted by Crippen LogP contribution is -2.38. The summed E-state index contributed by atoms with van der Waals surface area (Å²) in [6.07, 6.45) is 2.87. The highest BCUT2D eigenvalue weighted by molar-refractivity contribution is 6.28. The monoisotopic (exact) mass is 240 g/mol. The Morgan fingerprint density at radius 2 is 2.25 bits per heavy atom. The second-order valence-corrected chi connectivity index (χ2v) is 4.68. The summed E-state index contributed by atoms with van der Waals surface area (Å²) in [4.78, 5) is 12.8. The van der Waals surface area contributed by atoms with E-state index in [1.807, 2.05) is 6.07 Å². The van der Waals surface area contributed by atoms with Gasteiger partial charge in [0, 0.05) is 25.3 Å². The zero-order valence-electron chi connectivity index (χ0n) is 9.73. The third-order valence-corrected chi connectivity index (χ3v) is 3.13. The molecule has 1 fully saturated rings. The fourth-order valence-corrected chi connectivity index (χ4v) is 2.34. The van der Waals surface area contributed by atoms with Crippen molar-refractivity contribution in [2.24, 2.45) is 0 Å². The van der Waals surface area contributed by atoms with E-state index in [0.717, 1.165) is 31.9 Å². The number of anilines is 1. The van der Waals surface area contributed by atoms with Gasteiger partial charge in [0.2, 0.25) is 5.28 Å². The van der Waals surface area contributed by atoms with Crippen molar-refractivity contribution >= 4 is 17.4 Å². The third-order valence-electron chi connectivity index (χ3n) is 2.95. The molecule has 1 atom stereocenters. The fourth-order valence-electron chi connectivity index (χ4n) is 2.20. The highest BCUT2D eigenvalue weighted by Gasteiger charge is 2.20. The van der Waals surface area contributed by atoms with Gasteiger partial charge in [-0.3, -0.25) is 0 Å². The molecule has 1 unspecified atom stereocenters. The van der Waals surface area contributed by atoms with Crippen molar-refractivity contribution in [1.29, 1.82) is 0 Å². The normalized spacial score (nSPS) is 23.2. The highest BCUT2D eigenvalue weighted by atomic mass is 35.5. The quantitative estimate of drug-likeness (QED) is 0.699. The molecule has 16 heavy (non-hydrogen) atoms. The zero-order chi connectivity index (χ0) is 11.5. The average Bonchev–Trinajstić information content (AvgIpc) is 2.39. The molecule has 5 heteroatoms. The Hall–Kier alpha value is -0.870. The summed E-state index contributed by atoms with van der Waals surface area (Å²) >= 11 is 5.82. The maximum absolute atomic E-state index is 5.82. The van der Waals surface area contributed by atoms with E-state index in [2.05, 4.69) is 33.7 Å². The first-order valence-electron chi connectivity index (χ1n) is 5.60. The molecule has 1 aromatic rings. The van der Waals surface area contributed by atoms with Crippen LogP contribution in [-0.4, -0.2) is 47.6 Å². The van der Waals surface area contributed by atoms with E-state index in [-0.39, 0.29) is 0 Å². The third kappa shape index (κ3) is 2.62. The lowest BCUT2D eigenvalue weighted by Gasteiger charge is -2.28. The molecule has 1 aromatic heterocycles. The van der Waals surface area contributed by atoms with Gasteiger partial charge in [0.05, 0.1) is 0 Å². The topological polar surface area (TPSA) is 32.3 Å². The van der Waals surface area contributed by atoms with E-state index < -0.39 is 0 Å². The largest absolute Gasteiger partial charge is 0.352 e. The van der Waals surface area contributed by atoms with Gasteiger partial charge in [0.15, 0.2) is 0 Å².